The molecule has 0 radical (unpaired) electrons. The molecule has 1 saturated carbocycles. The molecule has 1 unspecified atom stereocenters. The van der Waals surface area contributed by atoms with Crippen LogP contribution in [0.25, 0.3) is 0 Å². The molecule has 0 heterocycles. The van der Waals surface area contributed by atoms with Gasteiger partial charge in [-0.1, -0.05) is 13.0 Å². The lowest BCUT2D eigenvalue weighted by atomic mass is 9.94. The largest absolute Gasteiger partial charge is 0.497 e. The summed E-state index contributed by atoms with van der Waals surface area (Å²) in [6.07, 6.45) is 2.76. The zero-order chi connectivity index (χ0) is 15.3. The summed E-state index contributed by atoms with van der Waals surface area (Å²) < 4.78 is 10.9. The van der Waals surface area contributed by atoms with Crippen LogP contribution < -0.4 is 14.8 Å². The highest BCUT2D eigenvalue weighted by molar-refractivity contribution is 5.80. The Kier molecular flexibility index (Phi) is 5.07. The lowest BCUT2D eigenvalue weighted by Gasteiger charge is -2.30. The first-order chi connectivity index (χ1) is 10.1. The van der Waals surface area contributed by atoms with Crippen molar-refractivity contribution in [2.24, 2.45) is 5.92 Å². The van der Waals surface area contributed by atoms with E-state index in [1.54, 1.807) is 13.2 Å². The molecular weight excluding hydrogens is 270 g/mol. The van der Waals surface area contributed by atoms with Crippen molar-refractivity contribution in [3.63, 3.8) is 0 Å². The molecule has 0 amide bonds. The van der Waals surface area contributed by atoms with Crippen molar-refractivity contribution >= 4 is 5.97 Å². The molecule has 5 heteroatoms. The fourth-order valence-electron chi connectivity index (χ4n) is 2.44. The molecule has 1 aliphatic carbocycles. The first-order valence-corrected chi connectivity index (χ1v) is 7.37. The van der Waals surface area contributed by atoms with Gasteiger partial charge in [-0.15, -0.1) is 0 Å². The molecule has 0 aliphatic heterocycles. The topological polar surface area (TPSA) is 67.8 Å². The van der Waals surface area contributed by atoms with Crippen molar-refractivity contribution in [1.82, 2.24) is 5.32 Å². The van der Waals surface area contributed by atoms with Crippen molar-refractivity contribution < 1.29 is 19.4 Å². The lowest BCUT2D eigenvalue weighted by Crippen LogP contribution is -2.58. The van der Waals surface area contributed by atoms with Gasteiger partial charge in [-0.3, -0.25) is 10.1 Å². The van der Waals surface area contributed by atoms with Crippen LogP contribution in [-0.2, 0) is 4.79 Å². The molecule has 1 aliphatic rings. The van der Waals surface area contributed by atoms with Crippen molar-refractivity contribution in [1.29, 1.82) is 0 Å². The molecule has 5 nitrogen and oxygen atoms in total. The third-order valence-corrected chi connectivity index (χ3v) is 3.85. The predicted molar refractivity (Wildman–Crippen MR) is 79.9 cm³/mol. The molecule has 116 valence electrons. The van der Waals surface area contributed by atoms with E-state index in [1.807, 2.05) is 25.1 Å². The van der Waals surface area contributed by atoms with Crippen LogP contribution in [0.5, 0.6) is 11.5 Å². The Labute approximate surface area is 125 Å². The van der Waals surface area contributed by atoms with Gasteiger partial charge in [-0.2, -0.15) is 0 Å². The maximum atomic E-state index is 11.8. The molecule has 1 aromatic rings. The first-order valence-electron chi connectivity index (χ1n) is 7.37. The average Bonchev–Trinajstić information content (AvgIpc) is 3.32. The fraction of sp³-hybridized carbons (Fsp3) is 0.562. The Morgan fingerprint density at radius 2 is 2.14 bits per heavy atom. The normalized spacial score (nSPS) is 17.0. The van der Waals surface area contributed by atoms with Crippen LogP contribution in [0.4, 0.5) is 0 Å². The maximum Gasteiger partial charge on any atom is 0.327 e. The van der Waals surface area contributed by atoms with Gasteiger partial charge in [0, 0.05) is 6.07 Å². The number of aliphatic carboxylic acids is 1. The van der Waals surface area contributed by atoms with Crippen LogP contribution in [0.2, 0.25) is 0 Å². The van der Waals surface area contributed by atoms with E-state index in [0.717, 1.165) is 19.3 Å². The van der Waals surface area contributed by atoms with Gasteiger partial charge >= 0.3 is 5.97 Å². The second-order valence-corrected chi connectivity index (χ2v) is 5.45. The second kappa shape index (κ2) is 6.80. The lowest BCUT2D eigenvalue weighted by molar-refractivity contribution is -0.147. The number of methoxy groups -OCH3 is 1. The molecule has 1 aromatic carbocycles. The summed E-state index contributed by atoms with van der Waals surface area (Å²) in [6.45, 7) is 2.82. The molecule has 0 aromatic heterocycles. The van der Waals surface area contributed by atoms with E-state index in [-0.39, 0.29) is 12.5 Å². The Morgan fingerprint density at radius 3 is 2.71 bits per heavy atom. The van der Waals surface area contributed by atoms with E-state index >= 15 is 0 Å². The number of ether oxygens (including phenoxy) is 2. The van der Waals surface area contributed by atoms with Gasteiger partial charge in [-0.25, -0.2) is 0 Å². The summed E-state index contributed by atoms with van der Waals surface area (Å²) in [5.74, 6) is 0.633. The molecule has 2 rings (SSSR count). The number of carboxylic acids is 1. The van der Waals surface area contributed by atoms with E-state index in [0.29, 0.717) is 18.0 Å². The average molecular weight is 293 g/mol. The zero-order valence-corrected chi connectivity index (χ0v) is 12.6. The molecule has 0 spiro atoms. The fourth-order valence-corrected chi connectivity index (χ4v) is 2.44. The highest BCUT2D eigenvalue weighted by Crippen LogP contribution is 2.40. The zero-order valence-electron chi connectivity index (χ0n) is 12.6. The summed E-state index contributed by atoms with van der Waals surface area (Å²) in [7, 11) is 1.59. The van der Waals surface area contributed by atoms with Gasteiger partial charge in [0.1, 0.15) is 18.1 Å². The minimum atomic E-state index is -0.987. The van der Waals surface area contributed by atoms with Crippen LogP contribution in [0.1, 0.15) is 26.2 Å². The van der Waals surface area contributed by atoms with E-state index in [1.165, 1.54) is 0 Å². The summed E-state index contributed by atoms with van der Waals surface area (Å²) in [5.41, 5.74) is -0.987. The van der Waals surface area contributed by atoms with E-state index < -0.39 is 11.5 Å². The third kappa shape index (κ3) is 3.67. The van der Waals surface area contributed by atoms with Crippen molar-refractivity contribution in [2.45, 2.75) is 31.7 Å². The summed E-state index contributed by atoms with van der Waals surface area (Å²) in [4.78, 5) is 11.8. The Balaban J connectivity index is 2.09. The van der Waals surface area contributed by atoms with Gasteiger partial charge in [-0.05, 0) is 43.9 Å². The Bertz CT molecular complexity index is 487. The quantitative estimate of drug-likeness (QED) is 0.731. The second-order valence-electron chi connectivity index (χ2n) is 5.45. The highest BCUT2D eigenvalue weighted by Gasteiger charge is 2.51. The number of carboxylic acid groups (broad SMARTS) is 1. The summed E-state index contributed by atoms with van der Waals surface area (Å²) >= 11 is 0. The molecule has 1 atom stereocenters. The molecule has 1 fully saturated rings. The van der Waals surface area contributed by atoms with Crippen molar-refractivity contribution in [2.75, 3.05) is 20.3 Å². The van der Waals surface area contributed by atoms with Gasteiger partial charge in [0.05, 0.1) is 7.11 Å². The minimum absolute atomic E-state index is 0.125. The van der Waals surface area contributed by atoms with Crippen LogP contribution in [0.15, 0.2) is 24.3 Å². The maximum absolute atomic E-state index is 11.8. The van der Waals surface area contributed by atoms with Crippen LogP contribution in [-0.4, -0.2) is 36.9 Å². The number of hydrogen-bond donors (Lipinski definition) is 2. The summed E-state index contributed by atoms with van der Waals surface area (Å²) in [6, 6.07) is 7.22. The van der Waals surface area contributed by atoms with Crippen molar-refractivity contribution in [3.8, 4) is 11.5 Å². The first kappa shape index (κ1) is 15.6. The highest BCUT2D eigenvalue weighted by atomic mass is 16.5. The number of hydrogen-bond acceptors (Lipinski definition) is 4. The molecule has 0 saturated heterocycles. The monoisotopic (exact) mass is 293 g/mol. The van der Waals surface area contributed by atoms with Gasteiger partial charge in [0.25, 0.3) is 0 Å². The SMILES string of the molecule is CCCNC(COc1cccc(OC)c1)(C(=O)O)C1CC1. The van der Waals surface area contributed by atoms with E-state index in [2.05, 4.69) is 5.32 Å². The molecule has 0 bridgehead atoms. The van der Waals surface area contributed by atoms with Crippen LogP contribution in [0, 0.1) is 5.92 Å². The Morgan fingerprint density at radius 1 is 1.43 bits per heavy atom. The smallest absolute Gasteiger partial charge is 0.327 e. The summed E-state index contributed by atoms with van der Waals surface area (Å²) in [5, 5.41) is 12.9. The molecule has 21 heavy (non-hydrogen) atoms. The van der Waals surface area contributed by atoms with Crippen LogP contribution in [0.3, 0.4) is 0 Å². The van der Waals surface area contributed by atoms with Crippen molar-refractivity contribution in [3.05, 3.63) is 24.3 Å². The van der Waals surface area contributed by atoms with E-state index in [9.17, 15) is 9.90 Å². The van der Waals surface area contributed by atoms with Crippen LogP contribution >= 0.6 is 0 Å². The Hall–Kier alpha value is -1.75. The number of nitrogens with one attached hydrogen (secondary N) is 1. The molecule has 2 N–H and O–H groups in total. The van der Waals surface area contributed by atoms with Gasteiger partial charge < -0.3 is 14.6 Å². The number of carbonyl (C=O) groups is 1. The van der Waals surface area contributed by atoms with Gasteiger partial charge in [0.15, 0.2) is 5.54 Å². The number of rotatable bonds is 9. The molecular formula is C16H23NO4. The number of benzene rings is 1. The van der Waals surface area contributed by atoms with E-state index in [4.69, 9.17) is 9.47 Å². The predicted octanol–water partition coefficient (Wildman–Crippen LogP) is 2.31. The standard InChI is InChI=1S/C16H23NO4/c1-3-9-17-16(15(18)19,12-7-8-12)11-21-14-6-4-5-13(10-14)20-2/h4-6,10,12,17H,3,7-9,11H2,1-2H3,(H,18,19). The third-order valence-electron chi connectivity index (χ3n) is 3.85. The minimum Gasteiger partial charge on any atom is -0.497 e. The van der Waals surface area contributed by atoms with Gasteiger partial charge in [0.2, 0.25) is 0 Å².